The lowest BCUT2D eigenvalue weighted by Crippen LogP contribution is -2.15. The van der Waals surface area contributed by atoms with Crippen LogP contribution in [0.4, 0.5) is 15.8 Å². The van der Waals surface area contributed by atoms with Crippen molar-refractivity contribution in [3.8, 4) is 0 Å². The van der Waals surface area contributed by atoms with Crippen molar-refractivity contribution >= 4 is 48.9 Å². The number of hydrogen-bond donors (Lipinski definition) is 2. The zero-order chi connectivity index (χ0) is 15.8. The molecule has 0 atom stereocenters. The lowest BCUT2D eigenvalue weighted by atomic mass is 10.2. The molecular weight excluding hydrogens is 383 g/mol. The van der Waals surface area contributed by atoms with Crippen molar-refractivity contribution in [2.24, 2.45) is 0 Å². The number of anilines is 2. The summed E-state index contributed by atoms with van der Waals surface area (Å²) in [7, 11) is -3.93. The predicted molar refractivity (Wildman–Crippen MR) is 85.5 cm³/mol. The van der Waals surface area contributed by atoms with Crippen molar-refractivity contribution in [1.29, 1.82) is 0 Å². The van der Waals surface area contributed by atoms with Crippen LogP contribution in [0.25, 0.3) is 0 Å². The Labute approximate surface area is 135 Å². The van der Waals surface area contributed by atoms with Crippen molar-refractivity contribution in [3.05, 3.63) is 51.2 Å². The van der Waals surface area contributed by atoms with Crippen LogP contribution in [-0.2, 0) is 10.0 Å². The second-order valence-corrected chi connectivity index (χ2v) is 7.31. The van der Waals surface area contributed by atoms with Crippen molar-refractivity contribution in [2.45, 2.75) is 11.8 Å². The highest BCUT2D eigenvalue weighted by Gasteiger charge is 2.20. The summed E-state index contributed by atoms with van der Waals surface area (Å²) < 4.78 is 40.5. The number of sulfonamides is 1. The van der Waals surface area contributed by atoms with Gasteiger partial charge < -0.3 is 5.73 Å². The standard InChI is InChI=1S/C13H11BrClFN2O2S/c1-7-4-8(15)2-3-12(7)18-21(19,20)13-5-9(14)10(16)6-11(13)17/h2-6,18H,17H2,1H3. The van der Waals surface area contributed by atoms with Gasteiger partial charge in [0.1, 0.15) is 10.7 Å². The average Bonchev–Trinajstić information content (AvgIpc) is 2.37. The van der Waals surface area contributed by atoms with Gasteiger partial charge in [0.25, 0.3) is 10.0 Å². The summed E-state index contributed by atoms with van der Waals surface area (Å²) in [4.78, 5) is -0.204. The van der Waals surface area contributed by atoms with Crippen LogP contribution in [0.15, 0.2) is 39.7 Å². The Morgan fingerprint density at radius 2 is 1.95 bits per heavy atom. The average molecular weight is 394 g/mol. The molecule has 0 bridgehead atoms. The Hall–Kier alpha value is -1.31. The monoisotopic (exact) mass is 392 g/mol. The number of benzene rings is 2. The molecule has 0 unspecified atom stereocenters. The fraction of sp³-hybridized carbons (Fsp3) is 0.0769. The lowest BCUT2D eigenvalue weighted by molar-refractivity contribution is 0.599. The fourth-order valence-electron chi connectivity index (χ4n) is 1.72. The molecule has 0 radical (unpaired) electrons. The van der Waals surface area contributed by atoms with Crippen molar-refractivity contribution < 1.29 is 12.8 Å². The first-order chi connectivity index (χ1) is 9.70. The summed E-state index contributed by atoms with van der Waals surface area (Å²) >= 11 is 8.77. The number of nitrogens with one attached hydrogen (secondary N) is 1. The molecule has 0 aromatic heterocycles. The second kappa shape index (κ2) is 5.82. The van der Waals surface area contributed by atoms with E-state index in [4.69, 9.17) is 17.3 Å². The molecule has 21 heavy (non-hydrogen) atoms. The van der Waals surface area contributed by atoms with E-state index in [-0.39, 0.29) is 15.1 Å². The van der Waals surface area contributed by atoms with Crippen LogP contribution in [0.2, 0.25) is 5.02 Å². The predicted octanol–water partition coefficient (Wildman–Crippen LogP) is 3.93. The number of hydrogen-bond acceptors (Lipinski definition) is 3. The van der Waals surface area contributed by atoms with E-state index in [1.54, 1.807) is 25.1 Å². The van der Waals surface area contributed by atoms with Gasteiger partial charge >= 0.3 is 0 Å². The molecule has 0 aliphatic rings. The van der Waals surface area contributed by atoms with Crippen molar-refractivity contribution in [1.82, 2.24) is 0 Å². The van der Waals surface area contributed by atoms with Crippen LogP contribution in [0.5, 0.6) is 0 Å². The van der Waals surface area contributed by atoms with Crippen LogP contribution < -0.4 is 10.5 Å². The van der Waals surface area contributed by atoms with E-state index < -0.39 is 15.8 Å². The van der Waals surface area contributed by atoms with Crippen LogP contribution in [0.1, 0.15) is 5.56 Å². The van der Waals surface area contributed by atoms with Crippen molar-refractivity contribution in [2.75, 3.05) is 10.5 Å². The maximum absolute atomic E-state index is 13.3. The summed E-state index contributed by atoms with van der Waals surface area (Å²) in [6.45, 7) is 1.72. The molecule has 0 saturated heterocycles. The summed E-state index contributed by atoms with van der Waals surface area (Å²) in [5, 5.41) is 0.500. The zero-order valence-electron chi connectivity index (χ0n) is 10.8. The maximum atomic E-state index is 13.3. The number of halogens is 3. The van der Waals surface area contributed by atoms with Crippen LogP contribution in [0, 0.1) is 12.7 Å². The zero-order valence-corrected chi connectivity index (χ0v) is 14.0. The minimum Gasteiger partial charge on any atom is -0.398 e. The van der Waals surface area contributed by atoms with Gasteiger partial charge in [-0.2, -0.15) is 0 Å². The molecule has 2 rings (SSSR count). The highest BCUT2D eigenvalue weighted by Crippen LogP contribution is 2.29. The highest BCUT2D eigenvalue weighted by molar-refractivity contribution is 9.10. The van der Waals surface area contributed by atoms with Gasteiger partial charge in [0.15, 0.2) is 0 Å². The van der Waals surface area contributed by atoms with Gasteiger partial charge in [-0.25, -0.2) is 12.8 Å². The largest absolute Gasteiger partial charge is 0.398 e. The Morgan fingerprint density at radius 1 is 1.29 bits per heavy atom. The summed E-state index contributed by atoms with van der Waals surface area (Å²) in [5.74, 6) is -0.630. The molecule has 112 valence electrons. The molecule has 0 spiro atoms. The normalized spacial score (nSPS) is 11.4. The van der Waals surface area contributed by atoms with Gasteiger partial charge in [-0.15, -0.1) is 0 Å². The van der Waals surface area contributed by atoms with Crippen LogP contribution in [-0.4, -0.2) is 8.42 Å². The van der Waals surface area contributed by atoms with Crippen LogP contribution >= 0.6 is 27.5 Å². The van der Waals surface area contributed by atoms with Crippen LogP contribution in [0.3, 0.4) is 0 Å². The number of aryl methyl sites for hydroxylation is 1. The van der Waals surface area contributed by atoms with E-state index in [1.807, 2.05) is 0 Å². The SMILES string of the molecule is Cc1cc(Cl)ccc1NS(=O)(=O)c1cc(Br)c(F)cc1N. The van der Waals surface area contributed by atoms with Gasteiger partial charge in [-0.1, -0.05) is 11.6 Å². The lowest BCUT2D eigenvalue weighted by Gasteiger charge is -2.13. The Morgan fingerprint density at radius 3 is 2.57 bits per heavy atom. The maximum Gasteiger partial charge on any atom is 0.263 e. The quantitative estimate of drug-likeness (QED) is 0.776. The Bertz CT molecular complexity index is 812. The molecule has 3 N–H and O–H groups in total. The van der Waals surface area contributed by atoms with E-state index in [0.29, 0.717) is 16.3 Å². The minimum absolute atomic E-state index is 0.0184. The topological polar surface area (TPSA) is 72.2 Å². The smallest absolute Gasteiger partial charge is 0.263 e. The Kier molecular flexibility index (Phi) is 4.46. The molecular formula is C13H11BrClFN2O2S. The van der Waals surface area contributed by atoms with E-state index in [9.17, 15) is 12.8 Å². The third-order valence-electron chi connectivity index (χ3n) is 2.78. The molecule has 0 aliphatic carbocycles. The molecule has 0 fully saturated rings. The first-order valence-corrected chi connectivity index (χ1v) is 8.39. The van der Waals surface area contributed by atoms with Gasteiger partial charge in [-0.05, 0) is 58.7 Å². The van der Waals surface area contributed by atoms with E-state index in [2.05, 4.69) is 20.7 Å². The third kappa shape index (κ3) is 3.48. The van der Waals surface area contributed by atoms with Gasteiger partial charge in [0.05, 0.1) is 15.8 Å². The van der Waals surface area contributed by atoms with E-state index in [1.165, 1.54) is 0 Å². The molecule has 0 saturated carbocycles. The molecule has 4 nitrogen and oxygen atoms in total. The highest BCUT2D eigenvalue weighted by atomic mass is 79.9. The number of rotatable bonds is 3. The van der Waals surface area contributed by atoms with Gasteiger partial charge in [-0.3, -0.25) is 4.72 Å². The first-order valence-electron chi connectivity index (χ1n) is 5.74. The molecule has 0 aliphatic heterocycles. The summed E-state index contributed by atoms with van der Waals surface area (Å²) in [5.41, 5.74) is 6.45. The molecule has 0 heterocycles. The number of nitrogen functional groups attached to an aromatic ring is 1. The summed E-state index contributed by atoms with van der Waals surface area (Å²) in [6, 6.07) is 6.81. The first kappa shape index (κ1) is 16.1. The van der Waals surface area contributed by atoms with Gasteiger partial charge in [0.2, 0.25) is 0 Å². The molecule has 2 aromatic rings. The molecule has 0 amide bonds. The van der Waals surface area contributed by atoms with Crippen molar-refractivity contribution in [3.63, 3.8) is 0 Å². The molecule has 8 heteroatoms. The van der Waals surface area contributed by atoms with Gasteiger partial charge in [0, 0.05) is 5.02 Å². The third-order valence-corrected chi connectivity index (χ3v) is 5.04. The fourth-order valence-corrected chi connectivity index (χ4v) is 3.71. The second-order valence-electron chi connectivity index (χ2n) is 4.37. The summed E-state index contributed by atoms with van der Waals surface area (Å²) in [6.07, 6.45) is 0. The minimum atomic E-state index is -3.93. The number of nitrogens with two attached hydrogens (primary N) is 1. The molecule has 2 aromatic carbocycles. The van der Waals surface area contributed by atoms with E-state index >= 15 is 0 Å². The van der Waals surface area contributed by atoms with E-state index in [0.717, 1.165) is 12.1 Å². The Balaban J connectivity index is 2.46.